The van der Waals surface area contributed by atoms with Gasteiger partial charge in [-0.1, -0.05) is 37.1 Å². The normalized spacial score (nSPS) is 25.8. The molecule has 1 aliphatic carbocycles. The van der Waals surface area contributed by atoms with Gasteiger partial charge in [0.1, 0.15) is 5.75 Å². The summed E-state index contributed by atoms with van der Waals surface area (Å²) in [5, 5.41) is 6.20. The van der Waals surface area contributed by atoms with Crippen LogP contribution in [-0.2, 0) is 0 Å². The lowest BCUT2D eigenvalue weighted by Crippen LogP contribution is -2.65. The highest BCUT2D eigenvalue weighted by atomic mass is 16.5. The zero-order valence-corrected chi connectivity index (χ0v) is 16.5. The molecular weight excluding hydrogens is 366 g/mol. The van der Waals surface area contributed by atoms with E-state index in [9.17, 15) is 9.59 Å². The van der Waals surface area contributed by atoms with Crippen LogP contribution in [0, 0.1) is 0 Å². The molecule has 1 saturated carbocycles. The Morgan fingerprint density at radius 2 is 1.97 bits per heavy atom. The fourth-order valence-corrected chi connectivity index (χ4v) is 4.84. The first-order chi connectivity index (χ1) is 14.0. The second-order valence-electron chi connectivity index (χ2n) is 8.36. The highest BCUT2D eigenvalue weighted by molar-refractivity contribution is 5.99. The first-order valence-corrected chi connectivity index (χ1v) is 10.3. The average molecular weight is 391 g/mol. The third kappa shape index (κ3) is 3.12. The molecule has 2 N–H and O–H groups in total. The zero-order chi connectivity index (χ0) is 20.0. The van der Waals surface area contributed by atoms with Crippen molar-refractivity contribution >= 4 is 17.6 Å². The van der Waals surface area contributed by atoms with Crippen molar-refractivity contribution in [3.8, 4) is 5.75 Å². The molecule has 0 spiro atoms. The third-order valence-corrected chi connectivity index (χ3v) is 6.24. The van der Waals surface area contributed by atoms with Crippen LogP contribution >= 0.6 is 0 Å². The highest BCUT2D eigenvalue weighted by Crippen LogP contribution is 2.45. The maximum Gasteiger partial charge on any atom is 0.325 e. The van der Waals surface area contributed by atoms with Gasteiger partial charge in [-0.2, -0.15) is 0 Å². The summed E-state index contributed by atoms with van der Waals surface area (Å²) in [6, 6.07) is 15.0. The van der Waals surface area contributed by atoms with E-state index in [4.69, 9.17) is 4.74 Å². The molecule has 150 valence electrons. The number of para-hydroxylation sites is 1. The molecule has 0 unspecified atom stereocenters. The number of urea groups is 1. The van der Waals surface area contributed by atoms with Gasteiger partial charge in [0.05, 0.1) is 11.7 Å². The minimum Gasteiger partial charge on any atom is -0.467 e. The Morgan fingerprint density at radius 3 is 2.79 bits per heavy atom. The molecule has 2 aromatic carbocycles. The quantitative estimate of drug-likeness (QED) is 0.827. The number of carbonyl (C=O) groups is 2. The van der Waals surface area contributed by atoms with Crippen LogP contribution < -0.4 is 20.3 Å². The summed E-state index contributed by atoms with van der Waals surface area (Å²) in [5.41, 5.74) is 1.40. The van der Waals surface area contributed by atoms with Crippen LogP contribution in [0.15, 0.2) is 48.5 Å². The first-order valence-electron chi connectivity index (χ1n) is 10.3. The smallest absolute Gasteiger partial charge is 0.325 e. The van der Waals surface area contributed by atoms with Crippen LogP contribution in [0.3, 0.4) is 0 Å². The van der Waals surface area contributed by atoms with E-state index in [0.717, 1.165) is 37.0 Å². The van der Waals surface area contributed by atoms with Gasteiger partial charge in [-0.15, -0.1) is 0 Å². The van der Waals surface area contributed by atoms with E-state index >= 15 is 0 Å². The van der Waals surface area contributed by atoms with Crippen molar-refractivity contribution in [3.63, 3.8) is 0 Å². The molecule has 29 heavy (non-hydrogen) atoms. The molecule has 0 aromatic heterocycles. The Labute approximate surface area is 170 Å². The number of ether oxygens (including phenoxy) is 1. The molecule has 2 aromatic rings. The molecule has 3 amide bonds. The molecule has 1 saturated heterocycles. The van der Waals surface area contributed by atoms with Crippen molar-refractivity contribution in [2.45, 2.75) is 56.8 Å². The molecule has 5 rings (SSSR count). The van der Waals surface area contributed by atoms with Gasteiger partial charge >= 0.3 is 6.03 Å². The van der Waals surface area contributed by atoms with E-state index in [1.165, 1.54) is 0 Å². The van der Waals surface area contributed by atoms with Gasteiger partial charge in [-0.25, -0.2) is 4.79 Å². The Bertz CT molecular complexity index is 969. The highest BCUT2D eigenvalue weighted by Gasteiger charge is 2.49. The standard InChI is InChI=1S/C23H25N3O3/c1-23-14-19(18-11-4-5-12-20(18)29-23)25-22(28)26(23)17-10-6-7-15(13-17)21(27)24-16-8-2-3-9-16/h4-7,10-13,16,19H,2-3,8-9,14H2,1H3,(H,24,27)(H,25,28)/t19-,23-/m1/s1. The van der Waals surface area contributed by atoms with E-state index < -0.39 is 5.72 Å². The second kappa shape index (κ2) is 6.79. The zero-order valence-electron chi connectivity index (χ0n) is 16.5. The Hall–Kier alpha value is -3.02. The van der Waals surface area contributed by atoms with Crippen molar-refractivity contribution in [3.05, 3.63) is 59.7 Å². The van der Waals surface area contributed by atoms with Crippen molar-refractivity contribution in [2.24, 2.45) is 0 Å². The lowest BCUT2D eigenvalue weighted by Gasteiger charge is -2.50. The van der Waals surface area contributed by atoms with Crippen molar-refractivity contribution in [2.75, 3.05) is 4.90 Å². The number of carbonyl (C=O) groups excluding carboxylic acids is 2. The van der Waals surface area contributed by atoms with Crippen molar-refractivity contribution < 1.29 is 14.3 Å². The largest absolute Gasteiger partial charge is 0.467 e. The number of nitrogens with one attached hydrogen (secondary N) is 2. The summed E-state index contributed by atoms with van der Waals surface area (Å²) < 4.78 is 6.30. The van der Waals surface area contributed by atoms with Crippen LogP contribution in [0.4, 0.5) is 10.5 Å². The van der Waals surface area contributed by atoms with E-state index in [1.54, 1.807) is 17.0 Å². The number of nitrogens with zero attached hydrogens (tertiary/aromatic N) is 1. The predicted octanol–water partition coefficient (Wildman–Crippen LogP) is 4.13. The SMILES string of the molecule is C[C@@]12C[C@@H](NC(=O)N1c1cccc(C(=O)NC3CCCC3)c1)c1ccccc1O2. The number of fused-ring (bicyclic) bond motifs is 4. The minimum absolute atomic E-state index is 0.0810. The lowest BCUT2D eigenvalue weighted by atomic mass is 9.90. The number of hydrogen-bond acceptors (Lipinski definition) is 3. The van der Waals surface area contributed by atoms with Crippen LogP contribution in [0.1, 0.15) is 61.0 Å². The summed E-state index contributed by atoms with van der Waals surface area (Å²) in [4.78, 5) is 27.4. The number of rotatable bonds is 3. The van der Waals surface area contributed by atoms with Crippen LogP contribution in [0.5, 0.6) is 5.75 Å². The molecule has 0 radical (unpaired) electrons. The molecule has 6 heteroatoms. The fourth-order valence-electron chi connectivity index (χ4n) is 4.84. The van der Waals surface area contributed by atoms with E-state index in [1.807, 2.05) is 43.3 Å². The third-order valence-electron chi connectivity index (χ3n) is 6.24. The van der Waals surface area contributed by atoms with Gasteiger partial charge in [-0.3, -0.25) is 9.69 Å². The molecule has 2 fully saturated rings. The number of benzene rings is 2. The minimum atomic E-state index is -0.818. The summed E-state index contributed by atoms with van der Waals surface area (Å²) in [7, 11) is 0. The topological polar surface area (TPSA) is 70.7 Å². The van der Waals surface area contributed by atoms with E-state index in [2.05, 4.69) is 10.6 Å². The van der Waals surface area contributed by atoms with Crippen molar-refractivity contribution in [1.29, 1.82) is 0 Å². The fraction of sp³-hybridized carbons (Fsp3) is 0.391. The Morgan fingerprint density at radius 1 is 1.17 bits per heavy atom. The van der Waals surface area contributed by atoms with Gasteiger partial charge in [0.25, 0.3) is 5.91 Å². The molecule has 2 aliphatic heterocycles. The maximum atomic E-state index is 13.0. The van der Waals surface area contributed by atoms with E-state index in [0.29, 0.717) is 17.7 Å². The maximum absolute atomic E-state index is 13.0. The van der Waals surface area contributed by atoms with Crippen LogP contribution in [-0.4, -0.2) is 23.7 Å². The number of hydrogen-bond donors (Lipinski definition) is 2. The number of anilines is 1. The molecule has 2 atom stereocenters. The average Bonchev–Trinajstić information content (AvgIpc) is 3.20. The monoisotopic (exact) mass is 391 g/mol. The molecule has 3 aliphatic rings. The summed E-state index contributed by atoms with van der Waals surface area (Å²) >= 11 is 0. The number of amides is 3. The van der Waals surface area contributed by atoms with Crippen LogP contribution in [0.2, 0.25) is 0 Å². The van der Waals surface area contributed by atoms with Gasteiger partial charge in [0, 0.05) is 23.6 Å². The van der Waals surface area contributed by atoms with Crippen molar-refractivity contribution in [1.82, 2.24) is 10.6 Å². The summed E-state index contributed by atoms with van der Waals surface area (Å²) in [5.74, 6) is 0.695. The van der Waals surface area contributed by atoms with Gasteiger partial charge in [0.15, 0.2) is 5.72 Å². The summed E-state index contributed by atoms with van der Waals surface area (Å²) in [6.07, 6.45) is 5.03. The first kappa shape index (κ1) is 18.0. The Balaban J connectivity index is 1.45. The van der Waals surface area contributed by atoms with Gasteiger partial charge < -0.3 is 15.4 Å². The predicted molar refractivity (Wildman–Crippen MR) is 110 cm³/mol. The molecular formula is C23H25N3O3. The van der Waals surface area contributed by atoms with Gasteiger partial charge in [-0.05, 0) is 44.0 Å². The molecule has 6 nitrogen and oxygen atoms in total. The van der Waals surface area contributed by atoms with E-state index in [-0.39, 0.29) is 24.0 Å². The lowest BCUT2D eigenvalue weighted by molar-refractivity contribution is 0.0378. The van der Waals surface area contributed by atoms with Crippen LogP contribution in [0.25, 0.3) is 0 Å². The molecule has 2 bridgehead atoms. The second-order valence-corrected chi connectivity index (χ2v) is 8.36. The Kier molecular flexibility index (Phi) is 4.23. The van der Waals surface area contributed by atoms with Gasteiger partial charge in [0.2, 0.25) is 0 Å². The molecule has 2 heterocycles. The summed E-state index contributed by atoms with van der Waals surface area (Å²) in [6.45, 7) is 1.93.